The molecule has 10 heteroatoms. The number of nitrogens with zero attached hydrogens (tertiary/aromatic N) is 4. The van der Waals surface area contributed by atoms with E-state index in [1.807, 2.05) is 18.2 Å². The molecule has 212 valence electrons. The van der Waals surface area contributed by atoms with Crippen molar-refractivity contribution in [2.75, 3.05) is 53.2 Å². The summed E-state index contributed by atoms with van der Waals surface area (Å²) < 4.78 is 18.3. The zero-order chi connectivity index (χ0) is 28.3. The van der Waals surface area contributed by atoms with Gasteiger partial charge in [-0.15, -0.1) is 0 Å². The van der Waals surface area contributed by atoms with Crippen molar-refractivity contribution in [3.05, 3.63) is 88.0 Å². The second-order valence-electron chi connectivity index (χ2n) is 10.1. The normalized spacial score (nSPS) is 17.2. The summed E-state index contributed by atoms with van der Waals surface area (Å²) in [6, 6.07) is 14.0. The third-order valence-electron chi connectivity index (χ3n) is 7.58. The predicted molar refractivity (Wildman–Crippen MR) is 155 cm³/mol. The number of aliphatic hydroxyl groups excluding tert-OH is 1. The summed E-state index contributed by atoms with van der Waals surface area (Å²) in [4.78, 5) is 25.2. The molecule has 1 atom stereocenters. The smallest absolute Gasteiger partial charge is 0.264 e. The lowest BCUT2D eigenvalue weighted by Crippen LogP contribution is -2.38. The molecule has 2 aliphatic heterocycles. The molecule has 1 saturated heterocycles. The van der Waals surface area contributed by atoms with Crippen LogP contribution in [0.15, 0.2) is 70.7 Å². The highest BCUT2D eigenvalue weighted by molar-refractivity contribution is 6.15. The molecule has 2 aromatic heterocycles. The number of aliphatic imine (C=N–C) groups is 1. The van der Waals surface area contributed by atoms with Crippen molar-refractivity contribution >= 4 is 16.5 Å². The number of phenols is 1. The van der Waals surface area contributed by atoms with E-state index >= 15 is 0 Å². The Bertz CT molecular complexity index is 1660. The van der Waals surface area contributed by atoms with Gasteiger partial charge in [0.05, 0.1) is 44.1 Å². The van der Waals surface area contributed by atoms with Crippen LogP contribution in [-0.4, -0.2) is 89.6 Å². The van der Waals surface area contributed by atoms with Crippen LogP contribution in [0.5, 0.6) is 17.2 Å². The lowest BCUT2D eigenvalue weighted by molar-refractivity contribution is 0.0323. The standard InChI is InChI=1S/C31H32N4O6/c1-39-28-16-21-15-22(19-36)33-30(25(21)18-26(28)37)20-5-7-32-29(17-20)35-8-6-23-24(31(35)38)3-2-4-27(23)41-14-11-34-9-12-40-13-10-34/h2-8,16-18,22,36-37H,9-15,19H2,1H3/t22-/m0/s1. The van der Waals surface area contributed by atoms with Crippen LogP contribution < -0.4 is 15.0 Å². The van der Waals surface area contributed by atoms with Gasteiger partial charge in [-0.1, -0.05) is 6.07 Å². The molecule has 2 aromatic carbocycles. The van der Waals surface area contributed by atoms with Crippen molar-refractivity contribution < 1.29 is 24.4 Å². The molecule has 0 bridgehead atoms. The molecule has 4 heterocycles. The number of hydrogen-bond donors (Lipinski definition) is 2. The molecule has 0 saturated carbocycles. The van der Waals surface area contributed by atoms with Gasteiger partial charge in [0.15, 0.2) is 11.5 Å². The highest BCUT2D eigenvalue weighted by Gasteiger charge is 2.24. The molecule has 2 aliphatic rings. The number of phenolic OH excluding ortho intramolecular Hbond substituents is 1. The summed E-state index contributed by atoms with van der Waals surface area (Å²) in [5.74, 6) is 1.47. The number of methoxy groups -OCH3 is 1. The number of aromatic nitrogens is 2. The minimum Gasteiger partial charge on any atom is -0.504 e. The summed E-state index contributed by atoms with van der Waals surface area (Å²) in [5.41, 5.74) is 2.76. The molecule has 41 heavy (non-hydrogen) atoms. The zero-order valence-corrected chi connectivity index (χ0v) is 22.8. The van der Waals surface area contributed by atoms with E-state index in [4.69, 9.17) is 19.2 Å². The fourth-order valence-corrected chi connectivity index (χ4v) is 5.41. The maximum atomic E-state index is 13.6. The summed E-state index contributed by atoms with van der Waals surface area (Å²) in [6.07, 6.45) is 3.85. The number of morpholine rings is 1. The van der Waals surface area contributed by atoms with Crippen molar-refractivity contribution in [3.63, 3.8) is 0 Å². The summed E-state index contributed by atoms with van der Waals surface area (Å²) in [5, 5.41) is 21.6. The lowest BCUT2D eigenvalue weighted by atomic mass is 9.90. The number of hydrogen-bond acceptors (Lipinski definition) is 9. The van der Waals surface area contributed by atoms with Crippen LogP contribution in [0.3, 0.4) is 0 Å². The Balaban J connectivity index is 1.32. The first-order chi connectivity index (χ1) is 20.1. The van der Waals surface area contributed by atoms with Crippen molar-refractivity contribution in [1.29, 1.82) is 0 Å². The maximum Gasteiger partial charge on any atom is 0.264 e. The van der Waals surface area contributed by atoms with Gasteiger partial charge in [0.1, 0.15) is 18.2 Å². The van der Waals surface area contributed by atoms with E-state index < -0.39 is 0 Å². The number of aliphatic hydroxyl groups is 1. The Labute approximate surface area is 237 Å². The Morgan fingerprint density at radius 2 is 1.93 bits per heavy atom. The summed E-state index contributed by atoms with van der Waals surface area (Å²) >= 11 is 0. The molecule has 0 unspecified atom stereocenters. The van der Waals surface area contributed by atoms with E-state index in [0.717, 1.165) is 49.4 Å². The van der Waals surface area contributed by atoms with Gasteiger partial charge in [-0.3, -0.25) is 19.3 Å². The van der Waals surface area contributed by atoms with Gasteiger partial charge >= 0.3 is 0 Å². The number of ether oxygens (including phenoxy) is 3. The number of rotatable bonds is 8. The highest BCUT2D eigenvalue weighted by Crippen LogP contribution is 2.34. The first kappa shape index (κ1) is 26.9. The van der Waals surface area contributed by atoms with Gasteiger partial charge in [-0.25, -0.2) is 4.98 Å². The molecular formula is C31H32N4O6. The topological polar surface area (TPSA) is 119 Å². The number of pyridine rings is 2. The lowest BCUT2D eigenvalue weighted by Gasteiger charge is -2.26. The van der Waals surface area contributed by atoms with Gasteiger partial charge in [0, 0.05) is 48.5 Å². The Morgan fingerprint density at radius 3 is 2.73 bits per heavy atom. The quantitative estimate of drug-likeness (QED) is 0.340. The van der Waals surface area contributed by atoms with Crippen molar-refractivity contribution in [2.45, 2.75) is 12.5 Å². The van der Waals surface area contributed by atoms with Gasteiger partial charge in [-0.2, -0.15) is 0 Å². The van der Waals surface area contributed by atoms with E-state index in [1.54, 1.807) is 42.7 Å². The van der Waals surface area contributed by atoms with Crippen LogP contribution >= 0.6 is 0 Å². The third-order valence-corrected chi connectivity index (χ3v) is 7.58. The van der Waals surface area contributed by atoms with Gasteiger partial charge in [0.2, 0.25) is 0 Å². The third kappa shape index (κ3) is 5.41. The van der Waals surface area contributed by atoms with Gasteiger partial charge in [-0.05, 0) is 54.4 Å². The fraction of sp³-hybridized carbons (Fsp3) is 0.323. The molecule has 10 nitrogen and oxygen atoms in total. The zero-order valence-electron chi connectivity index (χ0n) is 22.8. The second kappa shape index (κ2) is 11.7. The highest BCUT2D eigenvalue weighted by atomic mass is 16.5. The average molecular weight is 557 g/mol. The molecule has 0 amide bonds. The first-order valence-electron chi connectivity index (χ1n) is 13.7. The van der Waals surface area contributed by atoms with E-state index in [-0.39, 0.29) is 24.0 Å². The Morgan fingerprint density at radius 1 is 1.07 bits per heavy atom. The number of benzene rings is 2. The van der Waals surface area contributed by atoms with Gasteiger partial charge < -0.3 is 24.4 Å². The molecule has 6 rings (SSSR count). The molecule has 4 aromatic rings. The molecule has 0 aliphatic carbocycles. The van der Waals surface area contributed by atoms with E-state index in [2.05, 4.69) is 9.88 Å². The summed E-state index contributed by atoms with van der Waals surface area (Å²) in [7, 11) is 1.50. The van der Waals surface area contributed by atoms with E-state index in [1.165, 1.54) is 11.7 Å². The van der Waals surface area contributed by atoms with Crippen LogP contribution in [0.2, 0.25) is 0 Å². The predicted octanol–water partition coefficient (Wildman–Crippen LogP) is 2.57. The summed E-state index contributed by atoms with van der Waals surface area (Å²) in [6.45, 7) is 4.45. The van der Waals surface area contributed by atoms with Crippen LogP contribution in [0, 0.1) is 0 Å². The largest absolute Gasteiger partial charge is 0.504 e. The minimum atomic E-state index is -0.339. The minimum absolute atomic E-state index is 0.00407. The molecule has 1 fully saturated rings. The van der Waals surface area contributed by atoms with E-state index in [9.17, 15) is 15.0 Å². The van der Waals surface area contributed by atoms with Crippen molar-refractivity contribution in [1.82, 2.24) is 14.5 Å². The molecule has 0 spiro atoms. The van der Waals surface area contributed by atoms with Crippen LogP contribution in [0.1, 0.15) is 16.7 Å². The van der Waals surface area contributed by atoms with Crippen molar-refractivity contribution in [2.24, 2.45) is 4.99 Å². The van der Waals surface area contributed by atoms with Gasteiger partial charge in [0.25, 0.3) is 5.56 Å². The molecule has 2 N–H and O–H groups in total. The fourth-order valence-electron chi connectivity index (χ4n) is 5.41. The molecular weight excluding hydrogens is 524 g/mol. The second-order valence-corrected chi connectivity index (χ2v) is 10.1. The van der Waals surface area contributed by atoms with Crippen LogP contribution in [-0.2, 0) is 11.2 Å². The first-order valence-corrected chi connectivity index (χ1v) is 13.7. The average Bonchev–Trinajstić information content (AvgIpc) is 3.01. The van der Waals surface area contributed by atoms with Crippen LogP contribution in [0.4, 0.5) is 0 Å². The number of fused-ring (bicyclic) bond motifs is 2. The Hall–Kier alpha value is -4.25. The Kier molecular flexibility index (Phi) is 7.69. The maximum absolute atomic E-state index is 13.6. The van der Waals surface area contributed by atoms with Crippen LogP contribution in [0.25, 0.3) is 16.6 Å². The molecule has 0 radical (unpaired) electrons. The SMILES string of the molecule is COc1cc2c(cc1O)C(c1ccnc(-n3ccc4c(OCCN5CCOCC5)cccc4c3=O)c1)=N[C@H](CO)C2. The number of aromatic hydroxyl groups is 1. The van der Waals surface area contributed by atoms with E-state index in [0.29, 0.717) is 47.0 Å². The monoisotopic (exact) mass is 556 g/mol. The van der Waals surface area contributed by atoms with Crippen molar-refractivity contribution in [3.8, 4) is 23.1 Å².